The standard InChI is InChI=1S/C30H21N3O3.Ni/c34-28-11-9-18-5-1-3-7-21(18)23(28)16-31-26-13-20-14-30(36)33-25(20)15-27(26)32-17-24-22-8-4-2-6-19(22)10-12-29(24)35;/h1-13,15-17,34-35H,14H2,(H,33,36);/p-1. The molecule has 1 heterocycles. The van der Waals surface area contributed by atoms with Gasteiger partial charge in [-0.05, 0) is 50.9 Å². The molecule has 6 rings (SSSR count). The van der Waals surface area contributed by atoms with Gasteiger partial charge < -0.3 is 15.5 Å². The summed E-state index contributed by atoms with van der Waals surface area (Å²) in [5, 5.41) is 29.6. The van der Waals surface area contributed by atoms with Crippen molar-refractivity contribution in [2.45, 2.75) is 6.42 Å². The molecular weight excluding hydrogens is 509 g/mol. The van der Waals surface area contributed by atoms with Crippen LogP contribution in [0.5, 0.6) is 11.5 Å². The number of carbonyl (C=O) groups excluding carboxylic acids is 1. The Morgan fingerprint density at radius 2 is 1.38 bits per heavy atom. The van der Waals surface area contributed by atoms with Crippen molar-refractivity contribution in [1.82, 2.24) is 0 Å². The van der Waals surface area contributed by atoms with E-state index in [1.54, 1.807) is 30.6 Å². The topological polar surface area (TPSA) is 97.1 Å². The van der Waals surface area contributed by atoms with Crippen molar-refractivity contribution in [2.75, 3.05) is 5.32 Å². The van der Waals surface area contributed by atoms with Gasteiger partial charge in [-0.15, -0.1) is 0 Å². The molecule has 0 radical (unpaired) electrons. The molecule has 1 amide bonds. The molecule has 0 saturated heterocycles. The molecule has 0 aliphatic carbocycles. The second kappa shape index (κ2) is 9.88. The van der Waals surface area contributed by atoms with Crippen LogP contribution < -0.4 is 10.4 Å². The Kier molecular flexibility index (Phi) is 6.47. The number of rotatable bonds is 4. The molecule has 1 aliphatic heterocycles. The number of anilines is 1. The van der Waals surface area contributed by atoms with Gasteiger partial charge in [0, 0.05) is 40.2 Å². The van der Waals surface area contributed by atoms with E-state index in [0.717, 1.165) is 27.1 Å². The normalized spacial score (nSPS) is 12.8. The number of nitrogens with one attached hydrogen (secondary N) is 1. The molecule has 5 aromatic carbocycles. The smallest absolute Gasteiger partial charge is 0.228 e. The van der Waals surface area contributed by atoms with E-state index in [9.17, 15) is 15.0 Å². The Hall–Kier alpha value is -4.48. The first kappa shape index (κ1) is 24.2. The van der Waals surface area contributed by atoms with Gasteiger partial charge in [-0.1, -0.05) is 72.5 Å². The number of benzene rings is 5. The number of aromatic hydroxyl groups is 1. The van der Waals surface area contributed by atoms with Crippen molar-refractivity contribution < 1.29 is 31.5 Å². The van der Waals surface area contributed by atoms with Crippen molar-refractivity contribution in [3.63, 3.8) is 0 Å². The summed E-state index contributed by atoms with van der Waals surface area (Å²) in [7, 11) is 0. The van der Waals surface area contributed by atoms with Crippen LogP contribution in [-0.4, -0.2) is 23.4 Å². The van der Waals surface area contributed by atoms with Crippen LogP contribution in [0.3, 0.4) is 0 Å². The Bertz CT molecular complexity index is 1620. The third-order valence-electron chi connectivity index (χ3n) is 6.37. The monoisotopic (exact) mass is 528 g/mol. The average molecular weight is 529 g/mol. The van der Waals surface area contributed by atoms with Crippen molar-refractivity contribution in [2.24, 2.45) is 9.98 Å². The van der Waals surface area contributed by atoms with E-state index in [1.807, 2.05) is 60.7 Å². The van der Waals surface area contributed by atoms with Gasteiger partial charge in [-0.2, -0.15) is 0 Å². The predicted octanol–water partition coefficient (Wildman–Crippen LogP) is 5.77. The van der Waals surface area contributed by atoms with Gasteiger partial charge in [0.2, 0.25) is 5.91 Å². The van der Waals surface area contributed by atoms with Gasteiger partial charge in [-0.3, -0.25) is 14.8 Å². The SMILES string of the molecule is O=C1Cc2cc(N=Cc3c(O)ccc4ccccc34)c(N=Cc3c([O-])ccc4ccccc34)cc2N1.[Ni]. The molecule has 5 aromatic rings. The van der Waals surface area contributed by atoms with Crippen LogP contribution in [-0.2, 0) is 27.7 Å². The molecular formula is C30H20N3NiO3-. The van der Waals surface area contributed by atoms with Crippen LogP contribution in [0.4, 0.5) is 17.1 Å². The number of aliphatic imine (C=N–C) groups is 2. The quantitative estimate of drug-likeness (QED) is 0.229. The largest absolute Gasteiger partial charge is 0.872 e. The molecule has 0 aromatic heterocycles. The minimum absolute atomic E-state index is 0. The summed E-state index contributed by atoms with van der Waals surface area (Å²) in [6.45, 7) is 0. The van der Waals surface area contributed by atoms with E-state index in [-0.39, 0.29) is 40.3 Å². The van der Waals surface area contributed by atoms with Crippen molar-refractivity contribution in [3.8, 4) is 11.5 Å². The summed E-state index contributed by atoms with van der Waals surface area (Å²) in [5.41, 5.74) is 3.61. The molecule has 7 heteroatoms. The van der Waals surface area contributed by atoms with Gasteiger partial charge in [0.1, 0.15) is 5.75 Å². The molecule has 0 saturated carbocycles. The first-order chi connectivity index (χ1) is 17.6. The van der Waals surface area contributed by atoms with E-state index in [1.165, 1.54) is 6.07 Å². The number of amides is 1. The summed E-state index contributed by atoms with van der Waals surface area (Å²) < 4.78 is 0. The zero-order chi connectivity index (χ0) is 24.6. The zero-order valence-electron chi connectivity index (χ0n) is 19.4. The Morgan fingerprint density at radius 3 is 2.11 bits per heavy atom. The van der Waals surface area contributed by atoms with Gasteiger partial charge in [-0.25, -0.2) is 0 Å². The number of hydrogen-bond donors (Lipinski definition) is 2. The summed E-state index contributed by atoms with van der Waals surface area (Å²) in [4.78, 5) is 21.3. The summed E-state index contributed by atoms with van der Waals surface area (Å²) in [6, 6.07) is 25.8. The van der Waals surface area contributed by atoms with Gasteiger partial charge in [0.05, 0.1) is 17.8 Å². The Morgan fingerprint density at radius 1 is 0.784 bits per heavy atom. The van der Waals surface area contributed by atoms with Crippen LogP contribution in [0.15, 0.2) is 94.9 Å². The van der Waals surface area contributed by atoms with Gasteiger partial charge >= 0.3 is 0 Å². The molecule has 6 nitrogen and oxygen atoms in total. The molecule has 0 fully saturated rings. The van der Waals surface area contributed by atoms with Crippen LogP contribution in [0, 0.1) is 0 Å². The molecule has 37 heavy (non-hydrogen) atoms. The third-order valence-corrected chi connectivity index (χ3v) is 6.37. The van der Waals surface area contributed by atoms with E-state index in [2.05, 4.69) is 15.3 Å². The fraction of sp³-hybridized carbons (Fsp3) is 0.0333. The summed E-state index contributed by atoms with van der Waals surface area (Å²) >= 11 is 0. The number of nitrogens with zero attached hydrogens (tertiary/aromatic N) is 2. The molecule has 0 spiro atoms. The van der Waals surface area contributed by atoms with Gasteiger partial charge in [0.15, 0.2) is 0 Å². The number of phenols is 1. The summed E-state index contributed by atoms with van der Waals surface area (Å²) in [6.07, 6.45) is 3.42. The summed E-state index contributed by atoms with van der Waals surface area (Å²) in [5.74, 6) is -0.103. The van der Waals surface area contributed by atoms with Crippen molar-refractivity contribution in [1.29, 1.82) is 0 Å². The predicted molar refractivity (Wildman–Crippen MR) is 142 cm³/mol. The number of carbonyl (C=O) groups is 1. The third kappa shape index (κ3) is 4.57. The second-order valence-corrected chi connectivity index (χ2v) is 8.66. The van der Waals surface area contributed by atoms with E-state index >= 15 is 0 Å². The average Bonchev–Trinajstić information content (AvgIpc) is 3.26. The van der Waals surface area contributed by atoms with Crippen LogP contribution in [0.2, 0.25) is 0 Å². The van der Waals surface area contributed by atoms with Crippen molar-refractivity contribution >= 4 is 56.9 Å². The molecule has 0 unspecified atom stereocenters. The zero-order valence-corrected chi connectivity index (χ0v) is 20.4. The Labute approximate surface area is 223 Å². The minimum atomic E-state index is -0.127. The molecule has 0 bridgehead atoms. The molecule has 1 aliphatic rings. The van der Waals surface area contributed by atoms with E-state index in [4.69, 9.17) is 0 Å². The maximum atomic E-state index is 12.6. The number of hydrogen-bond acceptors (Lipinski definition) is 5. The second-order valence-electron chi connectivity index (χ2n) is 8.66. The fourth-order valence-electron chi connectivity index (χ4n) is 4.55. The maximum Gasteiger partial charge on any atom is 0.228 e. The Balaban J connectivity index is 0.00000280. The minimum Gasteiger partial charge on any atom is -0.872 e. The maximum absolute atomic E-state index is 12.6. The first-order valence-corrected chi connectivity index (χ1v) is 11.5. The molecule has 2 N–H and O–H groups in total. The van der Waals surface area contributed by atoms with Crippen LogP contribution in [0.25, 0.3) is 21.5 Å². The van der Waals surface area contributed by atoms with E-state index < -0.39 is 0 Å². The van der Waals surface area contributed by atoms with Crippen molar-refractivity contribution in [3.05, 3.63) is 102 Å². The fourth-order valence-corrected chi connectivity index (χ4v) is 4.55. The first-order valence-electron chi connectivity index (χ1n) is 11.5. The molecule has 184 valence electrons. The van der Waals surface area contributed by atoms with Crippen LogP contribution >= 0.6 is 0 Å². The molecule has 0 atom stereocenters. The van der Waals surface area contributed by atoms with E-state index in [0.29, 0.717) is 28.2 Å². The number of phenolic OH excluding ortho intramolecular Hbond substituents is 1. The van der Waals surface area contributed by atoms with Gasteiger partial charge in [0.25, 0.3) is 0 Å². The number of fused-ring (bicyclic) bond motifs is 3. The van der Waals surface area contributed by atoms with Crippen LogP contribution in [0.1, 0.15) is 16.7 Å².